The molecule has 18 heavy (non-hydrogen) atoms. The number of aromatic nitrogens is 3. The van der Waals surface area contributed by atoms with Crippen molar-refractivity contribution in [2.24, 2.45) is 5.73 Å². The lowest BCUT2D eigenvalue weighted by molar-refractivity contribution is -0.122. The van der Waals surface area contributed by atoms with Gasteiger partial charge in [-0.1, -0.05) is 11.3 Å². The van der Waals surface area contributed by atoms with Gasteiger partial charge in [-0.25, -0.2) is 4.68 Å². The highest BCUT2D eigenvalue weighted by atomic mass is 32.1. The van der Waals surface area contributed by atoms with Crippen molar-refractivity contribution in [2.75, 3.05) is 6.54 Å². The molecule has 1 amide bonds. The van der Waals surface area contributed by atoms with Crippen LogP contribution in [0.5, 0.6) is 0 Å². The van der Waals surface area contributed by atoms with E-state index in [9.17, 15) is 4.79 Å². The molecular weight excluding hydrogens is 250 g/mol. The highest BCUT2D eigenvalue weighted by Gasteiger charge is 2.05. The van der Waals surface area contributed by atoms with E-state index in [1.165, 1.54) is 4.68 Å². The van der Waals surface area contributed by atoms with Crippen molar-refractivity contribution < 1.29 is 4.79 Å². The van der Waals surface area contributed by atoms with Crippen LogP contribution in [0.4, 0.5) is 0 Å². The maximum absolute atomic E-state index is 11.7. The summed E-state index contributed by atoms with van der Waals surface area (Å²) in [6.45, 7) is 1.27. The van der Waals surface area contributed by atoms with Crippen LogP contribution in [0.15, 0.2) is 23.7 Å². The Bertz CT molecular complexity index is 493. The molecule has 3 N–H and O–H groups in total. The zero-order valence-corrected chi connectivity index (χ0v) is 10.7. The van der Waals surface area contributed by atoms with Crippen molar-refractivity contribution in [2.45, 2.75) is 19.5 Å². The Labute approximate surface area is 109 Å². The van der Waals surface area contributed by atoms with Gasteiger partial charge in [-0.15, -0.1) is 16.4 Å². The van der Waals surface area contributed by atoms with Gasteiger partial charge < -0.3 is 11.1 Å². The molecule has 0 aliphatic carbocycles. The van der Waals surface area contributed by atoms with Crippen LogP contribution in [0, 0.1) is 0 Å². The molecule has 0 fully saturated rings. The van der Waals surface area contributed by atoms with Gasteiger partial charge in [0, 0.05) is 17.5 Å². The van der Waals surface area contributed by atoms with Gasteiger partial charge in [-0.3, -0.25) is 4.79 Å². The molecule has 2 rings (SSSR count). The van der Waals surface area contributed by atoms with Crippen LogP contribution >= 0.6 is 11.3 Å². The molecule has 2 aromatic rings. The minimum atomic E-state index is -0.0763. The molecule has 7 heteroatoms. The molecule has 0 unspecified atom stereocenters. The van der Waals surface area contributed by atoms with Crippen molar-refractivity contribution in [1.82, 2.24) is 20.3 Å². The molecular formula is C11H15N5OS. The number of hydrogen-bond acceptors (Lipinski definition) is 5. The summed E-state index contributed by atoms with van der Waals surface area (Å²) in [6.07, 6.45) is 2.42. The Morgan fingerprint density at radius 3 is 3.17 bits per heavy atom. The maximum atomic E-state index is 11.7. The summed E-state index contributed by atoms with van der Waals surface area (Å²) in [7, 11) is 0. The summed E-state index contributed by atoms with van der Waals surface area (Å²) in [5.41, 5.74) is 6.23. The number of carbonyl (C=O) groups excluding carboxylic acids is 1. The van der Waals surface area contributed by atoms with Crippen LogP contribution in [0.3, 0.4) is 0 Å². The van der Waals surface area contributed by atoms with Crippen LogP contribution in [0.25, 0.3) is 0 Å². The Kier molecular flexibility index (Phi) is 4.43. The van der Waals surface area contributed by atoms with Crippen molar-refractivity contribution in [3.8, 4) is 0 Å². The SMILES string of the molecule is NCCc1cn(CC(=O)NCc2cccs2)nn1. The molecule has 0 aromatic carbocycles. The fourth-order valence-electron chi connectivity index (χ4n) is 1.48. The summed E-state index contributed by atoms with van der Waals surface area (Å²) in [6, 6.07) is 3.95. The molecule has 2 heterocycles. The van der Waals surface area contributed by atoms with Crippen molar-refractivity contribution in [3.05, 3.63) is 34.3 Å². The topological polar surface area (TPSA) is 85.8 Å². The van der Waals surface area contributed by atoms with Crippen molar-refractivity contribution >= 4 is 17.2 Å². The lowest BCUT2D eigenvalue weighted by Gasteiger charge is -2.02. The quantitative estimate of drug-likeness (QED) is 0.779. The normalized spacial score (nSPS) is 10.5. The van der Waals surface area contributed by atoms with E-state index in [4.69, 9.17) is 5.73 Å². The van der Waals surface area contributed by atoms with E-state index in [0.29, 0.717) is 19.5 Å². The van der Waals surface area contributed by atoms with E-state index in [1.54, 1.807) is 17.5 Å². The molecule has 0 bridgehead atoms. The molecule has 0 radical (unpaired) electrons. The first-order valence-corrected chi connectivity index (χ1v) is 6.54. The number of nitrogens with one attached hydrogen (secondary N) is 1. The summed E-state index contributed by atoms with van der Waals surface area (Å²) in [4.78, 5) is 12.8. The number of rotatable bonds is 6. The van der Waals surface area contributed by atoms with Gasteiger partial charge in [-0.2, -0.15) is 0 Å². The Morgan fingerprint density at radius 2 is 2.44 bits per heavy atom. The van der Waals surface area contributed by atoms with Gasteiger partial charge in [0.15, 0.2) is 0 Å². The van der Waals surface area contributed by atoms with Gasteiger partial charge in [-0.05, 0) is 18.0 Å². The first-order chi connectivity index (χ1) is 8.78. The maximum Gasteiger partial charge on any atom is 0.242 e. The summed E-state index contributed by atoms with van der Waals surface area (Å²) < 4.78 is 1.52. The highest BCUT2D eigenvalue weighted by Crippen LogP contribution is 2.07. The zero-order valence-electron chi connectivity index (χ0n) is 9.87. The van der Waals surface area contributed by atoms with E-state index < -0.39 is 0 Å². The predicted octanol–water partition coefficient (Wildman–Crippen LogP) is 0.157. The third-order valence-electron chi connectivity index (χ3n) is 2.33. The fourth-order valence-corrected chi connectivity index (χ4v) is 2.12. The van der Waals surface area contributed by atoms with E-state index in [-0.39, 0.29) is 12.5 Å². The summed E-state index contributed by atoms with van der Waals surface area (Å²) >= 11 is 1.62. The number of hydrogen-bond donors (Lipinski definition) is 2. The van der Waals surface area contributed by atoms with Crippen LogP contribution in [0.2, 0.25) is 0 Å². The number of thiophene rings is 1. The minimum absolute atomic E-state index is 0.0763. The third kappa shape index (κ3) is 3.64. The van der Waals surface area contributed by atoms with E-state index in [2.05, 4.69) is 15.6 Å². The predicted molar refractivity (Wildman–Crippen MR) is 68.9 cm³/mol. The largest absolute Gasteiger partial charge is 0.350 e. The second kappa shape index (κ2) is 6.27. The van der Waals surface area contributed by atoms with Gasteiger partial charge in [0.05, 0.1) is 12.2 Å². The lowest BCUT2D eigenvalue weighted by atomic mass is 10.3. The van der Waals surface area contributed by atoms with Gasteiger partial charge in [0.2, 0.25) is 5.91 Å². The summed E-state index contributed by atoms with van der Waals surface area (Å²) in [5, 5.41) is 12.6. The van der Waals surface area contributed by atoms with Gasteiger partial charge >= 0.3 is 0 Å². The Morgan fingerprint density at radius 1 is 1.56 bits per heavy atom. The van der Waals surface area contributed by atoms with E-state index in [0.717, 1.165) is 10.6 Å². The molecule has 0 aliphatic rings. The van der Waals surface area contributed by atoms with Gasteiger partial charge in [0.1, 0.15) is 6.54 Å². The molecule has 2 aromatic heterocycles. The lowest BCUT2D eigenvalue weighted by Crippen LogP contribution is -2.27. The first-order valence-electron chi connectivity index (χ1n) is 5.66. The fraction of sp³-hybridized carbons (Fsp3) is 0.364. The molecule has 0 saturated heterocycles. The van der Waals surface area contributed by atoms with Crippen molar-refractivity contribution in [1.29, 1.82) is 0 Å². The minimum Gasteiger partial charge on any atom is -0.350 e. The number of carbonyl (C=O) groups is 1. The second-order valence-corrected chi connectivity index (χ2v) is 4.83. The smallest absolute Gasteiger partial charge is 0.242 e. The molecule has 96 valence electrons. The first kappa shape index (κ1) is 12.7. The van der Waals surface area contributed by atoms with Gasteiger partial charge in [0.25, 0.3) is 0 Å². The Balaban J connectivity index is 1.79. The molecule has 0 spiro atoms. The second-order valence-electron chi connectivity index (χ2n) is 3.80. The molecule has 6 nitrogen and oxygen atoms in total. The van der Waals surface area contributed by atoms with E-state index in [1.807, 2.05) is 17.5 Å². The third-order valence-corrected chi connectivity index (χ3v) is 3.21. The van der Waals surface area contributed by atoms with Crippen LogP contribution in [-0.4, -0.2) is 27.4 Å². The Hall–Kier alpha value is -1.73. The standard InChI is InChI=1S/C11H15N5OS/c12-4-3-9-7-16(15-14-9)8-11(17)13-6-10-2-1-5-18-10/h1-2,5,7H,3-4,6,8,12H2,(H,13,17). The average Bonchev–Trinajstić information content (AvgIpc) is 2.99. The molecule has 0 aliphatic heterocycles. The zero-order chi connectivity index (χ0) is 12.8. The number of amides is 1. The average molecular weight is 265 g/mol. The van der Waals surface area contributed by atoms with Crippen LogP contribution in [0.1, 0.15) is 10.6 Å². The number of nitrogens with two attached hydrogens (primary N) is 1. The van der Waals surface area contributed by atoms with E-state index >= 15 is 0 Å². The number of nitrogens with zero attached hydrogens (tertiary/aromatic N) is 3. The summed E-state index contributed by atoms with van der Waals surface area (Å²) in [5.74, 6) is -0.0763. The van der Waals surface area contributed by atoms with Crippen LogP contribution < -0.4 is 11.1 Å². The molecule has 0 saturated carbocycles. The van der Waals surface area contributed by atoms with Crippen molar-refractivity contribution in [3.63, 3.8) is 0 Å². The molecule has 0 atom stereocenters. The highest BCUT2D eigenvalue weighted by molar-refractivity contribution is 7.09. The van der Waals surface area contributed by atoms with Crippen LogP contribution in [-0.2, 0) is 24.3 Å². The monoisotopic (exact) mass is 265 g/mol.